The van der Waals surface area contributed by atoms with Crippen LogP contribution in [0.5, 0.6) is 0 Å². The molecule has 1 saturated heterocycles. The van der Waals surface area contributed by atoms with E-state index in [4.69, 9.17) is 10.5 Å². The van der Waals surface area contributed by atoms with Crippen molar-refractivity contribution >= 4 is 17.1 Å². The second-order valence-electron chi connectivity index (χ2n) is 4.38. The molecule has 0 spiro atoms. The maximum Gasteiger partial charge on any atom is 0.271 e. The van der Waals surface area contributed by atoms with Gasteiger partial charge >= 0.3 is 0 Å². The van der Waals surface area contributed by atoms with Crippen molar-refractivity contribution in [3.63, 3.8) is 0 Å². The monoisotopic (exact) mass is 251 g/mol. The molecule has 0 saturated carbocycles. The number of benzene rings is 1. The van der Waals surface area contributed by atoms with Gasteiger partial charge in [-0.05, 0) is 25.3 Å². The first kappa shape index (κ1) is 12.6. The number of ether oxygens (including phenoxy) is 1. The lowest BCUT2D eigenvalue weighted by molar-refractivity contribution is -0.384. The predicted octanol–water partition coefficient (Wildman–Crippen LogP) is 2.16. The molecule has 6 nitrogen and oxygen atoms in total. The number of nitrogens with two attached hydrogens (primary N) is 1. The van der Waals surface area contributed by atoms with Crippen molar-refractivity contribution in [1.29, 1.82) is 0 Å². The number of hydrogen-bond donors (Lipinski definition) is 2. The van der Waals surface area contributed by atoms with E-state index in [0.29, 0.717) is 11.8 Å². The fraction of sp³-hybridized carbons (Fsp3) is 0.500. The number of nitro groups is 1. The molecule has 1 aliphatic rings. The van der Waals surface area contributed by atoms with E-state index in [1.165, 1.54) is 12.1 Å². The van der Waals surface area contributed by atoms with Gasteiger partial charge in [0.2, 0.25) is 0 Å². The normalized spacial score (nSPS) is 18.8. The van der Waals surface area contributed by atoms with Gasteiger partial charge < -0.3 is 15.8 Å². The van der Waals surface area contributed by atoms with Crippen LogP contribution in [-0.2, 0) is 4.74 Å². The first-order chi connectivity index (χ1) is 8.66. The van der Waals surface area contributed by atoms with E-state index in [1.807, 2.05) is 0 Å². The minimum absolute atomic E-state index is 0.0113. The molecule has 1 aromatic rings. The van der Waals surface area contributed by atoms with Crippen LogP contribution in [0.3, 0.4) is 0 Å². The minimum Gasteiger partial charge on any atom is -0.397 e. The molecule has 6 heteroatoms. The first-order valence-electron chi connectivity index (χ1n) is 6.06. The number of nitrogens with one attached hydrogen (secondary N) is 1. The summed E-state index contributed by atoms with van der Waals surface area (Å²) in [7, 11) is 0. The molecule has 1 unspecified atom stereocenters. The van der Waals surface area contributed by atoms with Crippen molar-refractivity contribution in [2.45, 2.75) is 25.4 Å². The lowest BCUT2D eigenvalue weighted by Gasteiger charge is -2.12. The lowest BCUT2D eigenvalue weighted by Crippen LogP contribution is -2.13. The third kappa shape index (κ3) is 3.10. The highest BCUT2D eigenvalue weighted by atomic mass is 16.6. The second-order valence-corrected chi connectivity index (χ2v) is 4.38. The van der Waals surface area contributed by atoms with Gasteiger partial charge in [-0.1, -0.05) is 0 Å². The van der Waals surface area contributed by atoms with Crippen LogP contribution in [0.1, 0.15) is 19.3 Å². The van der Waals surface area contributed by atoms with Crippen LogP contribution in [0.25, 0.3) is 0 Å². The minimum atomic E-state index is -0.452. The third-order valence-corrected chi connectivity index (χ3v) is 3.05. The van der Waals surface area contributed by atoms with E-state index in [9.17, 15) is 10.1 Å². The molecular weight excluding hydrogens is 234 g/mol. The molecule has 0 bridgehead atoms. The van der Waals surface area contributed by atoms with E-state index in [0.717, 1.165) is 38.1 Å². The van der Waals surface area contributed by atoms with Crippen LogP contribution in [0.2, 0.25) is 0 Å². The number of nitrogens with zero attached hydrogens (tertiary/aromatic N) is 1. The number of non-ortho nitro benzene ring substituents is 1. The van der Waals surface area contributed by atoms with Gasteiger partial charge in [-0.15, -0.1) is 0 Å². The number of anilines is 2. The Morgan fingerprint density at radius 2 is 2.39 bits per heavy atom. The molecule has 0 aromatic heterocycles. The average molecular weight is 251 g/mol. The smallest absolute Gasteiger partial charge is 0.271 e. The van der Waals surface area contributed by atoms with Gasteiger partial charge in [0, 0.05) is 25.3 Å². The van der Waals surface area contributed by atoms with E-state index < -0.39 is 4.92 Å². The molecule has 3 N–H and O–H groups in total. The van der Waals surface area contributed by atoms with Gasteiger partial charge in [0.1, 0.15) is 0 Å². The van der Waals surface area contributed by atoms with Gasteiger partial charge in [0.05, 0.1) is 22.4 Å². The zero-order chi connectivity index (χ0) is 13.0. The van der Waals surface area contributed by atoms with Crippen molar-refractivity contribution in [2.75, 3.05) is 24.2 Å². The number of hydrogen-bond acceptors (Lipinski definition) is 5. The highest BCUT2D eigenvalue weighted by Crippen LogP contribution is 2.24. The van der Waals surface area contributed by atoms with E-state index in [1.54, 1.807) is 6.07 Å². The first-order valence-corrected chi connectivity index (χ1v) is 6.06. The Morgan fingerprint density at radius 1 is 1.56 bits per heavy atom. The Bertz CT molecular complexity index is 431. The maximum absolute atomic E-state index is 10.6. The van der Waals surface area contributed by atoms with Crippen LogP contribution in [0.15, 0.2) is 18.2 Å². The fourth-order valence-corrected chi connectivity index (χ4v) is 2.06. The summed E-state index contributed by atoms with van der Waals surface area (Å²) in [5.41, 5.74) is 6.90. The van der Waals surface area contributed by atoms with Crippen molar-refractivity contribution in [1.82, 2.24) is 0 Å². The second kappa shape index (κ2) is 5.68. The Balaban J connectivity index is 1.87. The molecule has 98 valence electrons. The molecule has 1 atom stereocenters. The molecule has 1 heterocycles. The molecule has 1 fully saturated rings. The van der Waals surface area contributed by atoms with E-state index in [2.05, 4.69) is 5.32 Å². The van der Waals surface area contributed by atoms with Gasteiger partial charge in [-0.2, -0.15) is 0 Å². The molecule has 0 radical (unpaired) electrons. The molecule has 1 aromatic carbocycles. The van der Waals surface area contributed by atoms with Gasteiger partial charge in [-0.3, -0.25) is 10.1 Å². The molecule has 1 aliphatic heterocycles. The van der Waals surface area contributed by atoms with E-state index in [-0.39, 0.29) is 5.69 Å². The summed E-state index contributed by atoms with van der Waals surface area (Å²) in [5, 5.41) is 13.7. The predicted molar refractivity (Wildman–Crippen MR) is 69.6 cm³/mol. The largest absolute Gasteiger partial charge is 0.397 e. The van der Waals surface area contributed by atoms with Gasteiger partial charge in [-0.25, -0.2) is 0 Å². The molecule has 0 aliphatic carbocycles. The highest BCUT2D eigenvalue weighted by molar-refractivity contribution is 5.69. The number of nitro benzene ring substituents is 1. The molecule has 18 heavy (non-hydrogen) atoms. The van der Waals surface area contributed by atoms with Crippen molar-refractivity contribution in [3.05, 3.63) is 28.3 Å². The Morgan fingerprint density at radius 3 is 3.00 bits per heavy atom. The van der Waals surface area contributed by atoms with E-state index >= 15 is 0 Å². The third-order valence-electron chi connectivity index (χ3n) is 3.05. The summed E-state index contributed by atoms with van der Waals surface area (Å²) in [4.78, 5) is 10.1. The average Bonchev–Trinajstić information content (AvgIpc) is 2.84. The topological polar surface area (TPSA) is 90.4 Å². The summed E-state index contributed by atoms with van der Waals surface area (Å²) >= 11 is 0. The van der Waals surface area contributed by atoms with Crippen molar-refractivity contribution in [2.24, 2.45) is 0 Å². The summed E-state index contributed by atoms with van der Waals surface area (Å²) in [5.74, 6) is 0. The summed E-state index contributed by atoms with van der Waals surface area (Å²) in [6, 6.07) is 4.46. The number of nitrogen functional groups attached to an aromatic ring is 1. The molecular formula is C12H17N3O3. The van der Waals surface area contributed by atoms with Crippen LogP contribution >= 0.6 is 0 Å². The van der Waals surface area contributed by atoms with Crippen LogP contribution in [0, 0.1) is 10.1 Å². The summed E-state index contributed by atoms with van der Waals surface area (Å²) in [6.45, 7) is 1.61. The van der Waals surface area contributed by atoms with Crippen molar-refractivity contribution < 1.29 is 9.66 Å². The van der Waals surface area contributed by atoms with Crippen LogP contribution < -0.4 is 11.1 Å². The van der Waals surface area contributed by atoms with Gasteiger partial charge in [0.15, 0.2) is 0 Å². The van der Waals surface area contributed by atoms with Gasteiger partial charge in [0.25, 0.3) is 5.69 Å². The molecule has 2 rings (SSSR count). The highest BCUT2D eigenvalue weighted by Gasteiger charge is 2.15. The van der Waals surface area contributed by atoms with Crippen LogP contribution in [-0.4, -0.2) is 24.2 Å². The summed E-state index contributed by atoms with van der Waals surface area (Å²) in [6.07, 6.45) is 3.50. The maximum atomic E-state index is 10.6. The SMILES string of the molecule is Nc1cc([N+](=O)[O-])ccc1NCCC1CCCO1. The Hall–Kier alpha value is -1.82. The molecule has 0 amide bonds. The summed E-state index contributed by atoms with van der Waals surface area (Å²) < 4.78 is 5.51. The fourth-order valence-electron chi connectivity index (χ4n) is 2.06. The zero-order valence-electron chi connectivity index (χ0n) is 10.1. The standard InChI is InChI=1S/C12H17N3O3/c13-11-8-9(15(16)17)3-4-12(11)14-6-5-10-2-1-7-18-10/h3-4,8,10,14H,1-2,5-7,13H2. The Labute approximate surface area is 105 Å². The quantitative estimate of drug-likeness (QED) is 0.475. The zero-order valence-corrected chi connectivity index (χ0v) is 10.1. The number of rotatable bonds is 5. The Kier molecular flexibility index (Phi) is 3.99. The van der Waals surface area contributed by atoms with Crippen molar-refractivity contribution in [3.8, 4) is 0 Å². The lowest BCUT2D eigenvalue weighted by atomic mass is 10.2. The van der Waals surface area contributed by atoms with Crippen LogP contribution in [0.4, 0.5) is 17.1 Å².